The number of nitrogens with zero attached hydrogens (tertiary/aromatic N) is 1. The minimum atomic E-state index is -0.914. The van der Waals surface area contributed by atoms with Gasteiger partial charge in [-0.05, 0) is 25.5 Å². The van der Waals surface area contributed by atoms with E-state index in [0.717, 1.165) is 10.4 Å². The van der Waals surface area contributed by atoms with Gasteiger partial charge in [0.15, 0.2) is 0 Å². The monoisotopic (exact) mass is 347 g/mol. The summed E-state index contributed by atoms with van der Waals surface area (Å²) in [6.07, 6.45) is -0.0690. The van der Waals surface area contributed by atoms with Gasteiger partial charge in [-0.1, -0.05) is 30.3 Å². The number of carbonyl (C=O) groups excluding carboxylic acids is 1. The summed E-state index contributed by atoms with van der Waals surface area (Å²) in [6.45, 7) is 4.82. The van der Waals surface area contributed by atoms with E-state index in [1.807, 2.05) is 50.2 Å². The second-order valence-electron chi connectivity index (χ2n) is 5.13. The van der Waals surface area contributed by atoms with Crippen LogP contribution in [-0.4, -0.2) is 41.6 Å². The van der Waals surface area contributed by atoms with Crippen molar-refractivity contribution >= 4 is 23.2 Å². The number of carboxylic acid groups (broad SMARTS) is 1. The van der Waals surface area contributed by atoms with Crippen LogP contribution in [-0.2, 0) is 4.79 Å². The van der Waals surface area contributed by atoms with Gasteiger partial charge in [0, 0.05) is 18.0 Å². The van der Waals surface area contributed by atoms with Crippen molar-refractivity contribution in [1.29, 1.82) is 0 Å². The average Bonchev–Trinajstić information content (AvgIpc) is 3.00. The fourth-order valence-electron chi connectivity index (χ4n) is 2.31. The fourth-order valence-corrected chi connectivity index (χ4v) is 3.38. The Kier molecular flexibility index (Phi) is 6.37. The molecule has 0 fully saturated rings. The first kappa shape index (κ1) is 18.0. The van der Waals surface area contributed by atoms with Crippen molar-refractivity contribution < 1.29 is 19.4 Å². The molecule has 0 radical (unpaired) electrons. The molecule has 1 aromatic heterocycles. The first-order valence-electron chi connectivity index (χ1n) is 7.89. The highest BCUT2D eigenvalue weighted by atomic mass is 32.1. The molecule has 0 atom stereocenters. The third kappa shape index (κ3) is 4.35. The molecule has 0 unspecified atom stereocenters. The lowest BCUT2D eigenvalue weighted by Gasteiger charge is -2.19. The number of amides is 1. The molecule has 0 aliphatic heterocycles. The van der Waals surface area contributed by atoms with Crippen LogP contribution in [0.5, 0.6) is 5.75 Å². The maximum atomic E-state index is 12.8. The van der Waals surface area contributed by atoms with Crippen molar-refractivity contribution in [2.24, 2.45) is 0 Å². The SMILES string of the molecule is CCOc1cc(-c2ccccc2)sc1C(=O)N(CC)CCC(=O)O. The number of ether oxygens (including phenoxy) is 1. The molecule has 0 saturated heterocycles. The minimum Gasteiger partial charge on any atom is -0.492 e. The summed E-state index contributed by atoms with van der Waals surface area (Å²) in [5.74, 6) is -0.544. The van der Waals surface area contributed by atoms with Crippen LogP contribution in [0, 0.1) is 0 Å². The van der Waals surface area contributed by atoms with Crippen LogP contribution in [0.1, 0.15) is 29.9 Å². The zero-order chi connectivity index (χ0) is 17.5. The van der Waals surface area contributed by atoms with Gasteiger partial charge in [-0.15, -0.1) is 11.3 Å². The molecule has 0 saturated carbocycles. The van der Waals surface area contributed by atoms with Crippen LogP contribution in [0.2, 0.25) is 0 Å². The van der Waals surface area contributed by atoms with Gasteiger partial charge in [-0.3, -0.25) is 9.59 Å². The number of thiophene rings is 1. The largest absolute Gasteiger partial charge is 0.492 e. The summed E-state index contributed by atoms with van der Waals surface area (Å²) in [4.78, 5) is 26.6. The minimum absolute atomic E-state index is 0.0690. The van der Waals surface area contributed by atoms with Crippen molar-refractivity contribution in [3.8, 4) is 16.2 Å². The number of benzene rings is 1. The van der Waals surface area contributed by atoms with Crippen LogP contribution in [0.4, 0.5) is 0 Å². The number of hydrogen-bond donors (Lipinski definition) is 1. The molecule has 1 heterocycles. The smallest absolute Gasteiger partial charge is 0.305 e. The summed E-state index contributed by atoms with van der Waals surface area (Å²) in [6, 6.07) is 11.7. The normalized spacial score (nSPS) is 10.4. The van der Waals surface area contributed by atoms with E-state index in [4.69, 9.17) is 9.84 Å². The Morgan fingerprint density at radius 2 is 1.92 bits per heavy atom. The molecule has 128 valence electrons. The number of carbonyl (C=O) groups is 2. The summed E-state index contributed by atoms with van der Waals surface area (Å²) >= 11 is 1.37. The Morgan fingerprint density at radius 3 is 2.50 bits per heavy atom. The third-order valence-corrected chi connectivity index (χ3v) is 4.67. The predicted octanol–water partition coefficient (Wildman–Crippen LogP) is 3.75. The Morgan fingerprint density at radius 1 is 1.21 bits per heavy atom. The van der Waals surface area contributed by atoms with Gasteiger partial charge >= 0.3 is 5.97 Å². The van der Waals surface area contributed by atoms with E-state index in [2.05, 4.69) is 0 Å². The van der Waals surface area contributed by atoms with E-state index in [0.29, 0.717) is 23.8 Å². The van der Waals surface area contributed by atoms with Gasteiger partial charge in [0.05, 0.1) is 13.0 Å². The Balaban J connectivity index is 2.31. The van der Waals surface area contributed by atoms with Crippen molar-refractivity contribution in [3.05, 3.63) is 41.3 Å². The van der Waals surface area contributed by atoms with Crippen LogP contribution >= 0.6 is 11.3 Å². The quantitative estimate of drug-likeness (QED) is 0.790. The number of carboxylic acids is 1. The summed E-state index contributed by atoms with van der Waals surface area (Å²) in [5, 5.41) is 8.84. The third-order valence-electron chi connectivity index (χ3n) is 3.51. The molecule has 1 amide bonds. The van der Waals surface area contributed by atoms with Gasteiger partial charge in [0.2, 0.25) is 0 Å². The molecular formula is C18H21NO4S. The Hall–Kier alpha value is -2.34. The lowest BCUT2D eigenvalue weighted by molar-refractivity contribution is -0.137. The van der Waals surface area contributed by atoms with E-state index >= 15 is 0 Å². The molecule has 1 aromatic carbocycles. The van der Waals surface area contributed by atoms with Crippen molar-refractivity contribution in [2.75, 3.05) is 19.7 Å². The molecule has 6 heteroatoms. The summed E-state index contributed by atoms with van der Waals surface area (Å²) < 4.78 is 5.63. The van der Waals surface area contributed by atoms with Crippen LogP contribution in [0.15, 0.2) is 36.4 Å². The first-order chi connectivity index (χ1) is 11.6. The molecular weight excluding hydrogens is 326 g/mol. The molecule has 5 nitrogen and oxygen atoms in total. The van der Waals surface area contributed by atoms with E-state index < -0.39 is 5.97 Å². The average molecular weight is 347 g/mol. The molecule has 0 spiro atoms. The Labute approximate surface area is 145 Å². The molecule has 24 heavy (non-hydrogen) atoms. The molecule has 0 aliphatic carbocycles. The predicted molar refractivity (Wildman–Crippen MR) is 94.8 cm³/mol. The zero-order valence-corrected chi connectivity index (χ0v) is 14.6. The van der Waals surface area contributed by atoms with Gasteiger partial charge in [0.25, 0.3) is 5.91 Å². The highest BCUT2D eigenvalue weighted by Gasteiger charge is 2.23. The molecule has 0 aliphatic rings. The maximum Gasteiger partial charge on any atom is 0.305 e. The van der Waals surface area contributed by atoms with E-state index in [1.54, 1.807) is 0 Å². The Bertz CT molecular complexity index is 696. The number of hydrogen-bond acceptors (Lipinski definition) is 4. The van der Waals surface area contributed by atoms with Crippen molar-refractivity contribution in [1.82, 2.24) is 4.90 Å². The van der Waals surface area contributed by atoms with Crippen LogP contribution in [0.25, 0.3) is 10.4 Å². The fraction of sp³-hybridized carbons (Fsp3) is 0.333. The van der Waals surface area contributed by atoms with Crippen molar-refractivity contribution in [3.63, 3.8) is 0 Å². The highest BCUT2D eigenvalue weighted by molar-refractivity contribution is 7.17. The topological polar surface area (TPSA) is 66.8 Å². The van der Waals surface area contributed by atoms with Crippen LogP contribution in [0.3, 0.4) is 0 Å². The molecule has 0 bridgehead atoms. The maximum absolute atomic E-state index is 12.8. The summed E-state index contributed by atoms with van der Waals surface area (Å²) in [5.41, 5.74) is 1.02. The van der Waals surface area contributed by atoms with Crippen molar-refractivity contribution in [2.45, 2.75) is 20.3 Å². The number of rotatable bonds is 8. The second kappa shape index (κ2) is 8.49. The second-order valence-corrected chi connectivity index (χ2v) is 6.18. The highest BCUT2D eigenvalue weighted by Crippen LogP contribution is 2.37. The zero-order valence-electron chi connectivity index (χ0n) is 13.8. The summed E-state index contributed by atoms with van der Waals surface area (Å²) in [7, 11) is 0. The van der Waals surface area contributed by atoms with E-state index in [1.165, 1.54) is 16.2 Å². The molecule has 2 aromatic rings. The standard InChI is InChI=1S/C18H21NO4S/c1-3-19(11-10-16(20)21)18(22)17-14(23-4-2)12-15(24-17)13-8-6-5-7-9-13/h5-9,12H,3-4,10-11H2,1-2H3,(H,20,21). The van der Waals surface area contributed by atoms with Gasteiger partial charge in [0.1, 0.15) is 10.6 Å². The van der Waals surface area contributed by atoms with E-state index in [-0.39, 0.29) is 18.9 Å². The lowest BCUT2D eigenvalue weighted by atomic mass is 10.2. The number of aliphatic carboxylic acids is 1. The van der Waals surface area contributed by atoms with Crippen LogP contribution < -0.4 is 4.74 Å². The van der Waals surface area contributed by atoms with Gasteiger partial charge in [-0.2, -0.15) is 0 Å². The molecule has 1 N–H and O–H groups in total. The van der Waals surface area contributed by atoms with Gasteiger partial charge in [-0.25, -0.2) is 0 Å². The first-order valence-corrected chi connectivity index (χ1v) is 8.71. The molecule has 2 rings (SSSR count). The lowest BCUT2D eigenvalue weighted by Crippen LogP contribution is -2.32. The van der Waals surface area contributed by atoms with Gasteiger partial charge < -0.3 is 14.7 Å². The van der Waals surface area contributed by atoms with E-state index in [9.17, 15) is 9.59 Å².